The highest BCUT2D eigenvalue weighted by Crippen LogP contribution is 2.26. The van der Waals surface area contributed by atoms with Crippen LogP contribution in [0.25, 0.3) is 10.8 Å². The van der Waals surface area contributed by atoms with Gasteiger partial charge in [0.25, 0.3) is 10.0 Å². The molecule has 0 spiro atoms. The molecule has 0 aliphatic carbocycles. The maximum absolute atomic E-state index is 13.0. The van der Waals surface area contributed by atoms with Gasteiger partial charge in [0.05, 0.1) is 4.90 Å². The summed E-state index contributed by atoms with van der Waals surface area (Å²) in [5.41, 5.74) is 1.26. The summed E-state index contributed by atoms with van der Waals surface area (Å²) in [6, 6.07) is 21.5. The van der Waals surface area contributed by atoms with Gasteiger partial charge in [0.1, 0.15) is 17.5 Å². The van der Waals surface area contributed by atoms with Gasteiger partial charge in [-0.2, -0.15) is 0 Å². The monoisotopic (exact) mass is 433 g/mol. The first kappa shape index (κ1) is 20.6. The Balaban J connectivity index is 1.53. The molecule has 158 valence electrons. The van der Waals surface area contributed by atoms with Gasteiger partial charge >= 0.3 is 0 Å². The minimum Gasteiger partial charge on any atom is -0.370 e. The highest BCUT2D eigenvalue weighted by Gasteiger charge is 2.17. The second-order valence-corrected chi connectivity index (χ2v) is 8.65. The van der Waals surface area contributed by atoms with Crippen LogP contribution in [0, 0.1) is 6.92 Å². The fourth-order valence-electron chi connectivity index (χ4n) is 3.31. The van der Waals surface area contributed by atoms with Crippen LogP contribution in [-0.4, -0.2) is 24.9 Å². The topological polar surface area (TPSA) is 96.0 Å². The van der Waals surface area contributed by atoms with Crippen LogP contribution in [0.3, 0.4) is 0 Å². The van der Waals surface area contributed by atoms with Crippen LogP contribution in [0.15, 0.2) is 77.7 Å². The van der Waals surface area contributed by atoms with Crippen LogP contribution in [0.5, 0.6) is 0 Å². The highest BCUT2D eigenvalue weighted by atomic mass is 32.2. The molecule has 0 aliphatic heterocycles. The van der Waals surface area contributed by atoms with E-state index in [9.17, 15) is 8.42 Å². The molecule has 0 unspecified atom stereocenters. The number of aryl methyl sites for hydroxylation is 1. The van der Waals surface area contributed by atoms with Gasteiger partial charge in [-0.1, -0.05) is 36.4 Å². The molecule has 0 radical (unpaired) electrons. The smallest absolute Gasteiger partial charge is 0.262 e. The lowest BCUT2D eigenvalue weighted by Crippen LogP contribution is -2.13. The van der Waals surface area contributed by atoms with Crippen molar-refractivity contribution in [1.82, 2.24) is 9.97 Å². The van der Waals surface area contributed by atoms with Gasteiger partial charge in [-0.3, -0.25) is 4.72 Å². The standard InChI is InChI=1S/C23H23N5O2S/c1-3-24-22-15-23(26-16(2)25-22)27-18-11-13-19(14-12-18)28-31(29,30)21-10-6-8-17-7-4-5-9-20(17)21/h4-15,28H,3H2,1-2H3,(H2,24,25,26,27). The van der Waals surface area contributed by atoms with E-state index in [1.165, 1.54) is 0 Å². The van der Waals surface area contributed by atoms with Crippen LogP contribution >= 0.6 is 0 Å². The minimum atomic E-state index is -3.73. The SMILES string of the molecule is CCNc1cc(Nc2ccc(NS(=O)(=O)c3cccc4ccccc34)cc2)nc(C)n1. The van der Waals surface area contributed by atoms with Crippen molar-refractivity contribution in [3.05, 3.63) is 78.6 Å². The Kier molecular flexibility index (Phi) is 5.73. The van der Waals surface area contributed by atoms with E-state index in [2.05, 4.69) is 25.3 Å². The fourth-order valence-corrected chi connectivity index (χ4v) is 4.60. The van der Waals surface area contributed by atoms with Crippen LogP contribution in [0.4, 0.5) is 23.0 Å². The number of benzene rings is 3. The summed E-state index contributed by atoms with van der Waals surface area (Å²) in [7, 11) is -3.73. The van der Waals surface area contributed by atoms with Gasteiger partial charge < -0.3 is 10.6 Å². The quantitative estimate of drug-likeness (QED) is 0.383. The number of anilines is 4. The second-order valence-electron chi connectivity index (χ2n) is 7.00. The number of hydrogen-bond acceptors (Lipinski definition) is 6. The van der Waals surface area contributed by atoms with Crippen molar-refractivity contribution in [3.8, 4) is 0 Å². The van der Waals surface area contributed by atoms with E-state index in [1.807, 2.05) is 50.2 Å². The summed E-state index contributed by atoms with van der Waals surface area (Å²) in [5, 5.41) is 7.95. The lowest BCUT2D eigenvalue weighted by Gasteiger charge is -2.12. The Bertz CT molecular complexity index is 1320. The zero-order valence-corrected chi connectivity index (χ0v) is 18.1. The van der Waals surface area contributed by atoms with Gasteiger partial charge in [-0.25, -0.2) is 18.4 Å². The molecule has 0 atom stereocenters. The average molecular weight is 434 g/mol. The summed E-state index contributed by atoms with van der Waals surface area (Å²) in [6.45, 7) is 4.60. The third-order valence-electron chi connectivity index (χ3n) is 4.64. The molecule has 4 rings (SSSR count). The molecule has 4 aromatic rings. The third kappa shape index (κ3) is 4.75. The first-order valence-electron chi connectivity index (χ1n) is 9.92. The van der Waals surface area contributed by atoms with Gasteiger partial charge in [-0.05, 0) is 49.6 Å². The van der Waals surface area contributed by atoms with E-state index < -0.39 is 10.0 Å². The van der Waals surface area contributed by atoms with Crippen LogP contribution in [0.1, 0.15) is 12.7 Å². The van der Waals surface area contributed by atoms with E-state index in [0.29, 0.717) is 22.7 Å². The minimum absolute atomic E-state index is 0.250. The van der Waals surface area contributed by atoms with Gasteiger partial charge in [0.15, 0.2) is 0 Å². The second kappa shape index (κ2) is 8.61. The Morgan fingerprint density at radius 1 is 0.839 bits per heavy atom. The van der Waals surface area contributed by atoms with E-state index in [-0.39, 0.29) is 4.90 Å². The Labute approximate surface area is 181 Å². The van der Waals surface area contributed by atoms with Crippen molar-refractivity contribution in [2.45, 2.75) is 18.7 Å². The molecule has 1 aromatic heterocycles. The molecule has 0 bridgehead atoms. The molecule has 0 saturated carbocycles. The van der Waals surface area contributed by atoms with Gasteiger partial charge in [0, 0.05) is 29.4 Å². The lowest BCUT2D eigenvalue weighted by molar-refractivity contribution is 0.602. The molecular formula is C23H23N5O2S. The number of fused-ring (bicyclic) bond motifs is 1. The van der Waals surface area contributed by atoms with Gasteiger partial charge in [-0.15, -0.1) is 0 Å². The molecule has 3 N–H and O–H groups in total. The zero-order valence-electron chi connectivity index (χ0n) is 17.3. The Morgan fingerprint density at radius 3 is 2.29 bits per heavy atom. The average Bonchev–Trinajstić information content (AvgIpc) is 2.74. The molecule has 0 amide bonds. The third-order valence-corrected chi connectivity index (χ3v) is 6.08. The predicted molar refractivity (Wildman–Crippen MR) is 125 cm³/mol. The maximum Gasteiger partial charge on any atom is 0.262 e. The number of aromatic nitrogens is 2. The van der Waals surface area contributed by atoms with Crippen LogP contribution < -0.4 is 15.4 Å². The zero-order chi connectivity index (χ0) is 21.8. The number of sulfonamides is 1. The lowest BCUT2D eigenvalue weighted by atomic mass is 10.1. The van der Waals surface area contributed by atoms with Crippen molar-refractivity contribution < 1.29 is 8.42 Å². The van der Waals surface area contributed by atoms with E-state index >= 15 is 0 Å². The van der Waals surface area contributed by atoms with Gasteiger partial charge in [0.2, 0.25) is 0 Å². The number of hydrogen-bond donors (Lipinski definition) is 3. The van der Waals surface area contributed by atoms with Crippen molar-refractivity contribution in [2.24, 2.45) is 0 Å². The van der Waals surface area contributed by atoms with Crippen LogP contribution in [-0.2, 0) is 10.0 Å². The molecule has 3 aromatic carbocycles. The maximum atomic E-state index is 13.0. The predicted octanol–water partition coefficient (Wildman–Crippen LogP) is 4.91. The van der Waals surface area contributed by atoms with Crippen molar-refractivity contribution in [1.29, 1.82) is 0 Å². The summed E-state index contributed by atoms with van der Waals surface area (Å²) in [6.07, 6.45) is 0. The van der Waals surface area contributed by atoms with Crippen molar-refractivity contribution >= 4 is 43.8 Å². The molecule has 31 heavy (non-hydrogen) atoms. The Hall–Kier alpha value is -3.65. The van der Waals surface area contributed by atoms with Crippen LogP contribution in [0.2, 0.25) is 0 Å². The summed E-state index contributed by atoms with van der Waals surface area (Å²) in [4.78, 5) is 8.97. The molecule has 7 nitrogen and oxygen atoms in total. The van der Waals surface area contributed by atoms with E-state index in [4.69, 9.17) is 0 Å². The molecular weight excluding hydrogens is 410 g/mol. The van der Waals surface area contributed by atoms with E-state index in [0.717, 1.165) is 23.4 Å². The van der Waals surface area contributed by atoms with Crippen molar-refractivity contribution in [3.63, 3.8) is 0 Å². The highest BCUT2D eigenvalue weighted by molar-refractivity contribution is 7.93. The van der Waals surface area contributed by atoms with Crippen molar-refractivity contribution in [2.75, 3.05) is 21.9 Å². The first-order valence-corrected chi connectivity index (χ1v) is 11.4. The summed E-state index contributed by atoms with van der Waals surface area (Å²) < 4.78 is 28.6. The van der Waals surface area contributed by atoms with E-state index in [1.54, 1.807) is 36.4 Å². The largest absolute Gasteiger partial charge is 0.370 e. The Morgan fingerprint density at radius 2 is 1.52 bits per heavy atom. The first-order chi connectivity index (χ1) is 14.9. The molecule has 0 aliphatic rings. The molecule has 8 heteroatoms. The normalized spacial score (nSPS) is 11.3. The summed E-state index contributed by atoms with van der Waals surface area (Å²) in [5.74, 6) is 2.06. The number of nitrogens with zero attached hydrogens (tertiary/aromatic N) is 2. The fraction of sp³-hybridized carbons (Fsp3) is 0.130. The summed E-state index contributed by atoms with van der Waals surface area (Å²) >= 11 is 0. The number of rotatable bonds is 7. The number of nitrogens with one attached hydrogen (secondary N) is 3. The molecule has 1 heterocycles. The molecule has 0 fully saturated rings. The molecule has 0 saturated heterocycles.